The zero-order chi connectivity index (χ0) is 14.8. The lowest BCUT2D eigenvalue weighted by molar-refractivity contribution is -0.139. The van der Waals surface area contributed by atoms with Crippen molar-refractivity contribution in [3.63, 3.8) is 0 Å². The largest absolute Gasteiger partial charge is 0.385 e. The van der Waals surface area contributed by atoms with Gasteiger partial charge in [0.05, 0.1) is 0 Å². The second-order valence-corrected chi connectivity index (χ2v) is 4.23. The van der Waals surface area contributed by atoms with Gasteiger partial charge >= 0.3 is 11.8 Å². The summed E-state index contributed by atoms with van der Waals surface area (Å²) in [5.74, 6) is -1.61. The highest BCUT2D eigenvalue weighted by Crippen LogP contribution is 2.02. The first-order chi connectivity index (χ1) is 9.63. The molecule has 2 N–H and O–H groups in total. The Hall–Kier alpha value is -1.95. The lowest BCUT2D eigenvalue weighted by Crippen LogP contribution is -2.41. The molecule has 0 fully saturated rings. The van der Waals surface area contributed by atoms with Crippen LogP contribution >= 0.6 is 0 Å². The molecular formula is C14H19FN2O3. The summed E-state index contributed by atoms with van der Waals surface area (Å²) in [5.41, 5.74) is 0.896. The summed E-state index contributed by atoms with van der Waals surface area (Å²) >= 11 is 0. The molecule has 0 aromatic heterocycles. The van der Waals surface area contributed by atoms with Crippen molar-refractivity contribution in [2.24, 2.45) is 0 Å². The summed E-state index contributed by atoms with van der Waals surface area (Å²) in [5, 5.41) is 5.00. The molecule has 6 heteroatoms. The lowest BCUT2D eigenvalue weighted by atomic mass is 10.1. The third kappa shape index (κ3) is 6.29. The van der Waals surface area contributed by atoms with Crippen molar-refractivity contribution < 1.29 is 18.7 Å². The van der Waals surface area contributed by atoms with Crippen molar-refractivity contribution in [3.05, 3.63) is 35.6 Å². The molecule has 0 saturated carbocycles. The minimum atomic E-state index is -0.662. The van der Waals surface area contributed by atoms with E-state index in [1.54, 1.807) is 19.2 Å². The van der Waals surface area contributed by atoms with Crippen LogP contribution in [-0.4, -0.2) is 38.6 Å². The third-order valence-corrected chi connectivity index (χ3v) is 2.63. The zero-order valence-electron chi connectivity index (χ0n) is 11.4. The van der Waals surface area contributed by atoms with Crippen molar-refractivity contribution in [1.29, 1.82) is 0 Å². The van der Waals surface area contributed by atoms with Crippen LogP contribution in [0.15, 0.2) is 24.3 Å². The van der Waals surface area contributed by atoms with Gasteiger partial charge in [0, 0.05) is 26.8 Å². The standard InChI is InChI=1S/C14H19FN2O3/c1-20-10-2-8-16-13(18)14(19)17-9-7-11-3-5-12(15)6-4-11/h3-6H,2,7-10H2,1H3,(H,16,18)(H,17,19). The Morgan fingerprint density at radius 2 is 1.70 bits per heavy atom. The van der Waals surface area contributed by atoms with Crippen molar-refractivity contribution >= 4 is 11.8 Å². The van der Waals surface area contributed by atoms with Gasteiger partial charge < -0.3 is 15.4 Å². The van der Waals surface area contributed by atoms with Gasteiger partial charge in [0.15, 0.2) is 0 Å². The average molecular weight is 282 g/mol. The summed E-state index contributed by atoms with van der Waals surface area (Å²) in [6, 6.07) is 6.01. The minimum Gasteiger partial charge on any atom is -0.385 e. The Morgan fingerprint density at radius 1 is 1.10 bits per heavy atom. The van der Waals surface area contributed by atoms with Gasteiger partial charge in [-0.1, -0.05) is 12.1 Å². The molecule has 0 aliphatic carbocycles. The van der Waals surface area contributed by atoms with Crippen molar-refractivity contribution in [2.45, 2.75) is 12.8 Å². The van der Waals surface area contributed by atoms with Gasteiger partial charge in [-0.3, -0.25) is 9.59 Å². The molecule has 0 spiro atoms. The van der Waals surface area contributed by atoms with E-state index in [0.29, 0.717) is 32.5 Å². The smallest absolute Gasteiger partial charge is 0.309 e. The van der Waals surface area contributed by atoms with Crippen LogP contribution < -0.4 is 10.6 Å². The van der Waals surface area contributed by atoms with E-state index in [0.717, 1.165) is 5.56 Å². The molecule has 0 aliphatic rings. The molecule has 1 rings (SSSR count). The molecule has 1 aromatic carbocycles. The SMILES string of the molecule is COCCCNC(=O)C(=O)NCCc1ccc(F)cc1. The topological polar surface area (TPSA) is 67.4 Å². The number of benzene rings is 1. The van der Waals surface area contributed by atoms with Crippen molar-refractivity contribution in [1.82, 2.24) is 10.6 Å². The molecule has 0 saturated heterocycles. The second kappa shape index (κ2) is 9.03. The van der Waals surface area contributed by atoms with Gasteiger partial charge in [0.1, 0.15) is 5.82 Å². The maximum absolute atomic E-state index is 12.7. The first-order valence-electron chi connectivity index (χ1n) is 6.43. The van der Waals surface area contributed by atoms with E-state index in [1.165, 1.54) is 12.1 Å². The van der Waals surface area contributed by atoms with Crippen LogP contribution in [0.3, 0.4) is 0 Å². The maximum atomic E-state index is 12.7. The van der Waals surface area contributed by atoms with E-state index in [1.807, 2.05) is 0 Å². The summed E-state index contributed by atoms with van der Waals surface area (Å²) in [4.78, 5) is 22.8. The molecule has 0 radical (unpaired) electrons. The summed E-state index contributed by atoms with van der Waals surface area (Å²) in [7, 11) is 1.57. The highest BCUT2D eigenvalue weighted by molar-refractivity contribution is 6.35. The Morgan fingerprint density at radius 3 is 2.30 bits per heavy atom. The van der Waals surface area contributed by atoms with Crippen molar-refractivity contribution in [2.75, 3.05) is 26.8 Å². The number of rotatable bonds is 7. The highest BCUT2D eigenvalue weighted by Gasteiger charge is 2.11. The van der Waals surface area contributed by atoms with E-state index in [-0.39, 0.29) is 5.82 Å². The lowest BCUT2D eigenvalue weighted by Gasteiger charge is -2.06. The Balaban J connectivity index is 2.18. The summed E-state index contributed by atoms with van der Waals surface area (Å²) in [6.45, 7) is 1.26. The molecule has 20 heavy (non-hydrogen) atoms. The van der Waals surface area contributed by atoms with Crippen molar-refractivity contribution in [3.8, 4) is 0 Å². The van der Waals surface area contributed by atoms with Gasteiger partial charge in [-0.2, -0.15) is 0 Å². The number of hydrogen-bond donors (Lipinski definition) is 2. The van der Waals surface area contributed by atoms with Crippen LogP contribution in [0.4, 0.5) is 4.39 Å². The van der Waals surface area contributed by atoms with Gasteiger partial charge in [-0.25, -0.2) is 4.39 Å². The number of carbonyl (C=O) groups is 2. The van der Waals surface area contributed by atoms with Gasteiger partial charge in [0.25, 0.3) is 0 Å². The Kier molecular flexibility index (Phi) is 7.27. The van der Waals surface area contributed by atoms with Gasteiger partial charge in [0.2, 0.25) is 0 Å². The summed E-state index contributed by atoms with van der Waals surface area (Å²) < 4.78 is 17.5. The molecule has 0 heterocycles. The van der Waals surface area contributed by atoms with E-state index < -0.39 is 11.8 Å². The fraction of sp³-hybridized carbons (Fsp3) is 0.429. The molecule has 1 aromatic rings. The van der Waals surface area contributed by atoms with E-state index in [4.69, 9.17) is 4.74 Å². The third-order valence-electron chi connectivity index (χ3n) is 2.63. The number of methoxy groups -OCH3 is 1. The first-order valence-corrected chi connectivity index (χ1v) is 6.43. The molecule has 5 nitrogen and oxygen atoms in total. The number of nitrogens with one attached hydrogen (secondary N) is 2. The fourth-order valence-electron chi connectivity index (χ4n) is 1.55. The molecule has 110 valence electrons. The van der Waals surface area contributed by atoms with E-state index in [2.05, 4.69) is 10.6 Å². The van der Waals surface area contributed by atoms with Gasteiger partial charge in [-0.15, -0.1) is 0 Å². The van der Waals surface area contributed by atoms with Crippen LogP contribution in [0.2, 0.25) is 0 Å². The van der Waals surface area contributed by atoms with E-state index >= 15 is 0 Å². The highest BCUT2D eigenvalue weighted by atomic mass is 19.1. The molecule has 0 bridgehead atoms. The Labute approximate surface area is 117 Å². The number of ether oxygens (including phenoxy) is 1. The minimum absolute atomic E-state index is 0.298. The molecule has 0 unspecified atom stereocenters. The number of hydrogen-bond acceptors (Lipinski definition) is 3. The van der Waals surface area contributed by atoms with Gasteiger partial charge in [-0.05, 0) is 30.5 Å². The normalized spacial score (nSPS) is 10.1. The second-order valence-electron chi connectivity index (χ2n) is 4.23. The maximum Gasteiger partial charge on any atom is 0.309 e. The molecule has 0 atom stereocenters. The zero-order valence-corrected chi connectivity index (χ0v) is 11.4. The number of amides is 2. The Bertz CT molecular complexity index is 435. The molecular weight excluding hydrogens is 263 g/mol. The molecule has 2 amide bonds. The van der Waals surface area contributed by atoms with Crippen LogP contribution in [0.25, 0.3) is 0 Å². The van der Waals surface area contributed by atoms with Crippen LogP contribution in [-0.2, 0) is 20.7 Å². The number of halogens is 1. The average Bonchev–Trinajstić information content (AvgIpc) is 2.45. The van der Waals surface area contributed by atoms with E-state index in [9.17, 15) is 14.0 Å². The monoisotopic (exact) mass is 282 g/mol. The summed E-state index contributed by atoms with van der Waals surface area (Å²) in [6.07, 6.45) is 1.20. The quantitative estimate of drug-likeness (QED) is 0.569. The number of carbonyl (C=O) groups excluding carboxylic acids is 2. The predicted octanol–water partition coefficient (Wildman–Crippen LogP) is 0.637. The predicted molar refractivity (Wildman–Crippen MR) is 72.6 cm³/mol. The fourth-order valence-corrected chi connectivity index (χ4v) is 1.55. The first kappa shape index (κ1) is 16.1. The van der Waals surface area contributed by atoms with Crippen LogP contribution in [0.5, 0.6) is 0 Å². The molecule has 0 aliphatic heterocycles. The van der Waals surface area contributed by atoms with Crippen LogP contribution in [0, 0.1) is 5.82 Å². The van der Waals surface area contributed by atoms with Crippen LogP contribution in [0.1, 0.15) is 12.0 Å².